The Kier molecular flexibility index (Phi) is 3.64. The Morgan fingerprint density at radius 3 is 2.79 bits per heavy atom. The molecule has 0 aliphatic heterocycles. The molecule has 1 aromatic heterocycles. The van der Waals surface area contributed by atoms with Crippen molar-refractivity contribution in [1.29, 1.82) is 5.26 Å². The highest BCUT2D eigenvalue weighted by atomic mass is 35.5. The van der Waals surface area contributed by atoms with Gasteiger partial charge in [-0.2, -0.15) is 5.26 Å². The Morgan fingerprint density at radius 2 is 2.16 bits per heavy atom. The number of carbonyl (C=O) groups excluding carboxylic acids is 1. The van der Waals surface area contributed by atoms with E-state index in [2.05, 4.69) is 10.3 Å². The molecule has 0 aliphatic rings. The first-order chi connectivity index (χ1) is 9.17. The highest BCUT2D eigenvalue weighted by Crippen LogP contribution is 2.31. The van der Waals surface area contributed by atoms with Crippen molar-refractivity contribution in [3.63, 3.8) is 0 Å². The molecule has 0 radical (unpaired) electrons. The second-order valence-electron chi connectivity index (χ2n) is 3.63. The predicted molar refractivity (Wildman–Crippen MR) is 70.7 cm³/mol. The van der Waals surface area contributed by atoms with Gasteiger partial charge in [-0.15, -0.1) is 0 Å². The summed E-state index contributed by atoms with van der Waals surface area (Å²) < 4.78 is 0. The molecule has 94 valence electrons. The fourth-order valence-electron chi connectivity index (χ4n) is 1.54. The third-order valence-electron chi connectivity index (χ3n) is 2.46. The second kappa shape index (κ2) is 5.38. The number of carbonyl (C=O) groups is 1. The van der Waals surface area contributed by atoms with Gasteiger partial charge in [0.05, 0.1) is 16.9 Å². The number of aromatic hydroxyl groups is 1. The van der Waals surface area contributed by atoms with E-state index < -0.39 is 0 Å². The zero-order valence-corrected chi connectivity index (χ0v) is 10.3. The number of phenolic OH excluding ortho intramolecular Hbond substituents is 1. The average molecular weight is 274 g/mol. The number of hydrogen-bond acceptors (Lipinski definition) is 5. The number of anilines is 2. The van der Waals surface area contributed by atoms with Gasteiger partial charge in [0.2, 0.25) is 0 Å². The number of hydrogen-bond donors (Lipinski definition) is 2. The summed E-state index contributed by atoms with van der Waals surface area (Å²) >= 11 is 5.81. The molecule has 1 aromatic carbocycles. The largest absolute Gasteiger partial charge is 0.506 e. The molecule has 0 saturated heterocycles. The predicted octanol–water partition coefficient (Wildman–Crippen LogP) is 2.87. The number of nitriles is 1. The number of halogens is 1. The minimum Gasteiger partial charge on any atom is -0.506 e. The number of aromatic nitrogens is 1. The molecule has 5 nitrogen and oxygen atoms in total. The molecule has 2 N–H and O–H groups in total. The average Bonchev–Trinajstić information content (AvgIpc) is 2.42. The Bertz CT molecular complexity index is 680. The fourth-order valence-corrected chi connectivity index (χ4v) is 1.73. The van der Waals surface area contributed by atoms with Gasteiger partial charge in [-0.1, -0.05) is 23.7 Å². The van der Waals surface area contributed by atoms with Crippen LogP contribution in [0.25, 0.3) is 0 Å². The Labute approximate surface area is 114 Å². The highest BCUT2D eigenvalue weighted by Gasteiger charge is 2.14. The van der Waals surface area contributed by atoms with Crippen LogP contribution < -0.4 is 5.32 Å². The molecule has 0 aliphatic carbocycles. The van der Waals surface area contributed by atoms with Crippen molar-refractivity contribution in [2.75, 3.05) is 5.32 Å². The lowest BCUT2D eigenvalue weighted by molar-refractivity contribution is 0.112. The number of pyridine rings is 1. The van der Waals surface area contributed by atoms with E-state index in [1.165, 1.54) is 12.3 Å². The van der Waals surface area contributed by atoms with Gasteiger partial charge in [0.25, 0.3) is 0 Å². The van der Waals surface area contributed by atoms with Gasteiger partial charge >= 0.3 is 0 Å². The number of para-hydroxylation sites is 2. The quantitative estimate of drug-likeness (QED) is 0.510. The van der Waals surface area contributed by atoms with Gasteiger partial charge in [0.1, 0.15) is 22.5 Å². The van der Waals surface area contributed by atoms with Gasteiger partial charge in [-0.25, -0.2) is 4.98 Å². The van der Waals surface area contributed by atoms with Crippen LogP contribution in [0.3, 0.4) is 0 Å². The van der Waals surface area contributed by atoms with Crippen molar-refractivity contribution in [3.8, 4) is 11.8 Å². The third-order valence-corrected chi connectivity index (χ3v) is 2.75. The smallest absolute Gasteiger partial charge is 0.153 e. The first kappa shape index (κ1) is 12.9. The minimum absolute atomic E-state index is 0.00354. The number of nitrogens with zero attached hydrogens (tertiary/aromatic N) is 2. The van der Waals surface area contributed by atoms with Crippen molar-refractivity contribution in [1.82, 2.24) is 4.98 Å². The number of benzene rings is 1. The van der Waals surface area contributed by atoms with E-state index in [9.17, 15) is 9.90 Å². The molecular formula is C13H8ClN3O2. The van der Waals surface area contributed by atoms with Crippen LogP contribution in [0.5, 0.6) is 5.75 Å². The van der Waals surface area contributed by atoms with Crippen LogP contribution in [0.2, 0.25) is 5.15 Å². The molecule has 2 aromatic rings. The lowest BCUT2D eigenvalue weighted by Gasteiger charge is -2.12. The molecule has 0 fully saturated rings. The summed E-state index contributed by atoms with van der Waals surface area (Å²) in [6.45, 7) is 0. The molecule has 0 atom stereocenters. The lowest BCUT2D eigenvalue weighted by Crippen LogP contribution is -2.01. The molecule has 0 bridgehead atoms. The van der Waals surface area contributed by atoms with Crippen molar-refractivity contribution in [2.45, 2.75) is 0 Å². The molecule has 6 heteroatoms. The van der Waals surface area contributed by atoms with Crippen LogP contribution in [0.15, 0.2) is 30.5 Å². The van der Waals surface area contributed by atoms with Gasteiger partial charge in [0, 0.05) is 6.20 Å². The molecule has 0 spiro atoms. The van der Waals surface area contributed by atoms with Crippen LogP contribution in [0.4, 0.5) is 11.4 Å². The zero-order chi connectivity index (χ0) is 13.8. The first-order valence-corrected chi connectivity index (χ1v) is 5.64. The van der Waals surface area contributed by atoms with Crippen LogP contribution in [-0.4, -0.2) is 16.4 Å². The molecule has 2 rings (SSSR count). The third kappa shape index (κ3) is 2.49. The monoisotopic (exact) mass is 273 g/mol. The van der Waals surface area contributed by atoms with Gasteiger partial charge in [-0.3, -0.25) is 4.79 Å². The Morgan fingerprint density at radius 1 is 1.42 bits per heavy atom. The van der Waals surface area contributed by atoms with Crippen molar-refractivity contribution < 1.29 is 9.90 Å². The van der Waals surface area contributed by atoms with Crippen molar-refractivity contribution >= 4 is 29.3 Å². The number of rotatable bonds is 3. The first-order valence-electron chi connectivity index (χ1n) is 5.26. The summed E-state index contributed by atoms with van der Waals surface area (Å²) in [6.07, 6.45) is 1.82. The highest BCUT2D eigenvalue weighted by molar-refractivity contribution is 6.31. The van der Waals surface area contributed by atoms with Crippen LogP contribution >= 0.6 is 11.6 Å². The summed E-state index contributed by atoms with van der Waals surface area (Å²) in [7, 11) is 0. The van der Waals surface area contributed by atoms with Crippen molar-refractivity contribution in [2.24, 2.45) is 0 Å². The summed E-state index contributed by atoms with van der Waals surface area (Å²) in [5, 5.41) is 21.6. The summed E-state index contributed by atoms with van der Waals surface area (Å²) in [5.41, 5.74) is 0.821. The van der Waals surface area contributed by atoms with Gasteiger partial charge < -0.3 is 10.4 Å². The molecule has 0 unspecified atom stereocenters. The Hall–Kier alpha value is -2.58. The van der Waals surface area contributed by atoms with Gasteiger partial charge in [0.15, 0.2) is 6.29 Å². The van der Waals surface area contributed by atoms with E-state index >= 15 is 0 Å². The molecule has 0 amide bonds. The number of nitrogens with one attached hydrogen (secondary N) is 1. The summed E-state index contributed by atoms with van der Waals surface area (Å²) in [6, 6.07) is 8.34. The second-order valence-corrected chi connectivity index (χ2v) is 3.98. The maximum Gasteiger partial charge on any atom is 0.153 e. The Balaban J connectivity index is 2.56. The van der Waals surface area contributed by atoms with E-state index in [0.717, 1.165) is 0 Å². The number of aldehydes is 1. The standard InChI is InChI=1S/C13H8ClN3O2/c14-13-9(5-15)12(8(7-18)6-16-13)17-10-3-1-2-4-11(10)19/h1-4,6-7,19H,(H,16,17). The summed E-state index contributed by atoms with van der Waals surface area (Å²) in [4.78, 5) is 14.7. The van der Waals surface area contributed by atoms with Crippen LogP contribution in [-0.2, 0) is 0 Å². The normalized spacial score (nSPS) is 9.68. The molecule has 1 heterocycles. The van der Waals surface area contributed by atoms with E-state index in [1.807, 2.05) is 6.07 Å². The SMILES string of the molecule is N#Cc1c(Cl)ncc(C=O)c1Nc1ccccc1O. The van der Waals surface area contributed by atoms with Crippen LogP contribution in [0.1, 0.15) is 15.9 Å². The lowest BCUT2D eigenvalue weighted by atomic mass is 10.1. The number of phenols is 1. The fraction of sp³-hybridized carbons (Fsp3) is 0. The maximum atomic E-state index is 11.0. The van der Waals surface area contributed by atoms with E-state index in [4.69, 9.17) is 16.9 Å². The van der Waals surface area contributed by atoms with E-state index in [1.54, 1.807) is 18.2 Å². The topological polar surface area (TPSA) is 86.0 Å². The molecular weight excluding hydrogens is 266 g/mol. The van der Waals surface area contributed by atoms with E-state index in [-0.39, 0.29) is 27.7 Å². The van der Waals surface area contributed by atoms with Gasteiger partial charge in [-0.05, 0) is 12.1 Å². The zero-order valence-electron chi connectivity index (χ0n) is 9.59. The van der Waals surface area contributed by atoms with Crippen LogP contribution in [0, 0.1) is 11.3 Å². The van der Waals surface area contributed by atoms with Crippen molar-refractivity contribution in [3.05, 3.63) is 46.7 Å². The molecule has 19 heavy (non-hydrogen) atoms. The maximum absolute atomic E-state index is 11.0. The minimum atomic E-state index is -0.00831. The van der Waals surface area contributed by atoms with E-state index in [0.29, 0.717) is 12.0 Å². The summed E-state index contributed by atoms with van der Waals surface area (Å²) in [5.74, 6) is -0.00354. The molecule has 0 saturated carbocycles.